The van der Waals surface area contributed by atoms with Crippen molar-refractivity contribution in [1.29, 1.82) is 5.26 Å². The average molecular weight is 253 g/mol. The predicted molar refractivity (Wildman–Crippen MR) is 59.8 cm³/mol. The summed E-state index contributed by atoms with van der Waals surface area (Å²) in [7, 11) is 1.65. The van der Waals surface area contributed by atoms with Crippen LogP contribution >= 0.6 is 0 Å². The highest BCUT2D eigenvalue weighted by molar-refractivity contribution is 5.77. The van der Waals surface area contributed by atoms with Gasteiger partial charge in [-0.3, -0.25) is 0 Å². The van der Waals surface area contributed by atoms with Gasteiger partial charge in [0.2, 0.25) is 0 Å². The number of fused-ring (bicyclic) bond motifs is 1. The average Bonchev–Trinajstić information content (AvgIpc) is 2.62. The van der Waals surface area contributed by atoms with Gasteiger partial charge in [0.1, 0.15) is 5.82 Å². The van der Waals surface area contributed by atoms with Gasteiger partial charge in [0.25, 0.3) is 0 Å². The second-order valence-electron chi connectivity index (χ2n) is 4.02. The monoisotopic (exact) mass is 253 g/mol. The number of nitrogens with zero attached hydrogens (tertiary/aromatic N) is 3. The molecule has 3 nitrogen and oxygen atoms in total. The number of hydrogen-bond acceptors (Lipinski definition) is 2. The van der Waals surface area contributed by atoms with Crippen LogP contribution in [0.15, 0.2) is 18.2 Å². The minimum absolute atomic E-state index is 0.156. The molecule has 0 aliphatic rings. The normalized spacial score (nSPS) is 11.7. The summed E-state index contributed by atoms with van der Waals surface area (Å²) in [6, 6.07) is 6.86. The SMILES string of the molecule is Cn1c(CCC(F)(F)F)nc2ccc(C#N)cc21. The first-order valence-electron chi connectivity index (χ1n) is 5.33. The van der Waals surface area contributed by atoms with E-state index < -0.39 is 12.6 Å². The van der Waals surface area contributed by atoms with Crippen LogP contribution in [0.1, 0.15) is 17.8 Å². The molecule has 0 aliphatic heterocycles. The first-order chi connectivity index (χ1) is 8.40. The Bertz CT molecular complexity index is 620. The Morgan fingerprint density at radius 1 is 1.39 bits per heavy atom. The molecule has 0 radical (unpaired) electrons. The summed E-state index contributed by atoms with van der Waals surface area (Å²) in [5, 5.41) is 8.78. The summed E-state index contributed by atoms with van der Waals surface area (Å²) in [5.74, 6) is 0.373. The number of halogens is 3. The summed E-state index contributed by atoms with van der Waals surface area (Å²) < 4.78 is 38.1. The van der Waals surface area contributed by atoms with E-state index in [4.69, 9.17) is 5.26 Å². The smallest absolute Gasteiger partial charge is 0.331 e. The minimum atomic E-state index is -4.18. The van der Waals surface area contributed by atoms with Gasteiger partial charge in [-0.25, -0.2) is 4.98 Å². The maximum atomic E-state index is 12.2. The lowest BCUT2D eigenvalue weighted by Crippen LogP contribution is -2.10. The third-order valence-electron chi connectivity index (χ3n) is 2.73. The zero-order chi connectivity index (χ0) is 13.3. The summed E-state index contributed by atoms with van der Waals surface area (Å²) in [6.45, 7) is 0. The quantitative estimate of drug-likeness (QED) is 0.825. The van der Waals surface area contributed by atoms with E-state index >= 15 is 0 Å². The van der Waals surface area contributed by atoms with Crippen LogP contribution in [0.2, 0.25) is 0 Å². The van der Waals surface area contributed by atoms with Gasteiger partial charge in [0, 0.05) is 13.5 Å². The molecule has 1 aromatic heterocycles. The Balaban J connectivity index is 2.36. The molecule has 1 heterocycles. The Morgan fingerprint density at radius 2 is 2.11 bits per heavy atom. The van der Waals surface area contributed by atoms with Gasteiger partial charge < -0.3 is 4.57 Å². The minimum Gasteiger partial charge on any atom is -0.331 e. The zero-order valence-electron chi connectivity index (χ0n) is 9.62. The lowest BCUT2D eigenvalue weighted by atomic mass is 10.2. The second-order valence-corrected chi connectivity index (χ2v) is 4.02. The topological polar surface area (TPSA) is 41.6 Å². The highest BCUT2D eigenvalue weighted by Crippen LogP contribution is 2.23. The van der Waals surface area contributed by atoms with Crippen LogP contribution in [-0.2, 0) is 13.5 Å². The Labute approximate surface area is 101 Å². The van der Waals surface area contributed by atoms with Crippen LogP contribution < -0.4 is 0 Å². The van der Waals surface area contributed by atoms with E-state index in [1.807, 2.05) is 6.07 Å². The molecule has 1 aromatic carbocycles. The van der Waals surface area contributed by atoms with E-state index in [-0.39, 0.29) is 6.42 Å². The molecule has 94 valence electrons. The summed E-state index contributed by atoms with van der Waals surface area (Å²) in [5.41, 5.74) is 1.74. The van der Waals surface area contributed by atoms with Gasteiger partial charge in [0.15, 0.2) is 0 Å². The molecule has 0 bridgehead atoms. The van der Waals surface area contributed by atoms with E-state index in [1.165, 1.54) is 0 Å². The molecule has 0 spiro atoms. The molecule has 6 heteroatoms. The first kappa shape index (κ1) is 12.4. The standard InChI is InChI=1S/C12H10F3N3/c1-18-10-6-8(7-16)2-3-9(10)17-11(18)4-5-12(13,14)15/h2-3,6H,4-5H2,1H3. The third kappa shape index (κ3) is 2.45. The van der Waals surface area contributed by atoms with Crippen molar-refractivity contribution in [3.8, 4) is 6.07 Å². The fourth-order valence-corrected chi connectivity index (χ4v) is 1.79. The Kier molecular flexibility index (Phi) is 2.99. The summed E-state index contributed by atoms with van der Waals surface area (Å²) >= 11 is 0. The molecule has 0 saturated carbocycles. The van der Waals surface area contributed by atoms with E-state index in [9.17, 15) is 13.2 Å². The second kappa shape index (κ2) is 4.33. The molecule has 2 aromatic rings. The van der Waals surface area contributed by atoms with Gasteiger partial charge in [-0.1, -0.05) is 0 Å². The first-order valence-corrected chi connectivity index (χ1v) is 5.33. The molecule has 0 N–H and O–H groups in total. The van der Waals surface area contributed by atoms with Crippen molar-refractivity contribution in [2.45, 2.75) is 19.0 Å². The van der Waals surface area contributed by atoms with Crippen molar-refractivity contribution in [2.24, 2.45) is 7.05 Å². The fourth-order valence-electron chi connectivity index (χ4n) is 1.79. The molecular formula is C12H10F3N3. The van der Waals surface area contributed by atoms with Crippen LogP contribution in [0, 0.1) is 11.3 Å². The summed E-state index contributed by atoms with van der Waals surface area (Å²) in [6.07, 6.45) is -5.23. The van der Waals surface area contributed by atoms with Crippen LogP contribution in [0.5, 0.6) is 0 Å². The lowest BCUT2D eigenvalue weighted by Gasteiger charge is -2.05. The van der Waals surface area contributed by atoms with Gasteiger partial charge >= 0.3 is 6.18 Å². The largest absolute Gasteiger partial charge is 0.389 e. The van der Waals surface area contributed by atoms with E-state index in [1.54, 1.807) is 29.8 Å². The van der Waals surface area contributed by atoms with Crippen molar-refractivity contribution in [3.05, 3.63) is 29.6 Å². The van der Waals surface area contributed by atoms with Crippen molar-refractivity contribution in [1.82, 2.24) is 9.55 Å². The number of imidazole rings is 1. The number of rotatable bonds is 2. The number of aromatic nitrogens is 2. The highest BCUT2D eigenvalue weighted by atomic mass is 19.4. The van der Waals surface area contributed by atoms with E-state index in [0.29, 0.717) is 22.4 Å². The van der Waals surface area contributed by atoms with Crippen molar-refractivity contribution >= 4 is 11.0 Å². The number of hydrogen-bond donors (Lipinski definition) is 0. The van der Waals surface area contributed by atoms with Crippen molar-refractivity contribution in [2.75, 3.05) is 0 Å². The predicted octanol–water partition coefficient (Wildman–Crippen LogP) is 2.94. The van der Waals surface area contributed by atoms with Crippen LogP contribution in [0.3, 0.4) is 0 Å². The van der Waals surface area contributed by atoms with Crippen LogP contribution in [0.25, 0.3) is 11.0 Å². The zero-order valence-corrected chi connectivity index (χ0v) is 9.62. The summed E-state index contributed by atoms with van der Waals surface area (Å²) in [4.78, 5) is 4.14. The molecule has 18 heavy (non-hydrogen) atoms. The van der Waals surface area contributed by atoms with Gasteiger partial charge in [-0.15, -0.1) is 0 Å². The third-order valence-corrected chi connectivity index (χ3v) is 2.73. The molecular weight excluding hydrogens is 243 g/mol. The molecule has 0 unspecified atom stereocenters. The number of alkyl halides is 3. The number of aryl methyl sites for hydroxylation is 2. The van der Waals surface area contributed by atoms with Gasteiger partial charge in [-0.2, -0.15) is 18.4 Å². The van der Waals surface area contributed by atoms with E-state index in [2.05, 4.69) is 4.98 Å². The van der Waals surface area contributed by atoms with Crippen LogP contribution in [0.4, 0.5) is 13.2 Å². The maximum Gasteiger partial charge on any atom is 0.389 e. The van der Waals surface area contributed by atoms with Crippen LogP contribution in [-0.4, -0.2) is 15.7 Å². The number of nitriles is 1. The van der Waals surface area contributed by atoms with Crippen molar-refractivity contribution in [3.63, 3.8) is 0 Å². The molecule has 0 saturated heterocycles. The number of benzene rings is 1. The molecule has 0 atom stereocenters. The molecule has 0 fully saturated rings. The lowest BCUT2D eigenvalue weighted by molar-refractivity contribution is -0.134. The fraction of sp³-hybridized carbons (Fsp3) is 0.333. The maximum absolute atomic E-state index is 12.2. The Morgan fingerprint density at radius 3 is 2.72 bits per heavy atom. The molecule has 0 amide bonds. The van der Waals surface area contributed by atoms with Gasteiger partial charge in [0.05, 0.1) is 29.1 Å². The molecule has 0 aliphatic carbocycles. The van der Waals surface area contributed by atoms with E-state index in [0.717, 1.165) is 0 Å². The highest BCUT2D eigenvalue weighted by Gasteiger charge is 2.27. The van der Waals surface area contributed by atoms with Crippen molar-refractivity contribution < 1.29 is 13.2 Å². The Hall–Kier alpha value is -2.03. The van der Waals surface area contributed by atoms with Gasteiger partial charge in [-0.05, 0) is 18.2 Å². The molecule has 2 rings (SSSR count).